The summed E-state index contributed by atoms with van der Waals surface area (Å²) >= 11 is 13.7. The summed E-state index contributed by atoms with van der Waals surface area (Å²) in [6.45, 7) is 1.94. The van der Waals surface area contributed by atoms with E-state index in [1.165, 1.54) is 17.7 Å². The van der Waals surface area contributed by atoms with Crippen LogP contribution < -0.4 is 16.4 Å². The number of aromatic nitrogens is 3. The summed E-state index contributed by atoms with van der Waals surface area (Å²) in [6.07, 6.45) is 3.04. The van der Waals surface area contributed by atoms with Gasteiger partial charge in [-0.25, -0.2) is 15.0 Å². The van der Waals surface area contributed by atoms with Crippen molar-refractivity contribution in [2.24, 2.45) is 0 Å². The fourth-order valence-corrected chi connectivity index (χ4v) is 4.92. The molecule has 4 N–H and O–H groups in total. The van der Waals surface area contributed by atoms with Gasteiger partial charge in [0.05, 0.1) is 32.2 Å². The van der Waals surface area contributed by atoms with Gasteiger partial charge in [-0.05, 0) is 36.8 Å². The van der Waals surface area contributed by atoms with E-state index in [0.717, 1.165) is 16.3 Å². The predicted octanol–water partition coefficient (Wildman–Crippen LogP) is 6.43. The highest BCUT2D eigenvalue weighted by Crippen LogP contribution is 2.35. The molecule has 0 aliphatic heterocycles. The molecule has 10 heteroatoms. The van der Waals surface area contributed by atoms with Gasteiger partial charge in [0, 0.05) is 27.4 Å². The van der Waals surface area contributed by atoms with E-state index < -0.39 is 0 Å². The number of nitrogens with zero attached hydrogens (tertiary/aromatic N) is 3. The number of rotatable bonds is 4. The molecule has 0 radical (unpaired) electrons. The smallest absolute Gasteiger partial charge is 0.258 e. The lowest BCUT2D eigenvalue weighted by atomic mass is 10.0. The van der Waals surface area contributed by atoms with Crippen molar-refractivity contribution in [1.82, 2.24) is 15.0 Å². The van der Waals surface area contributed by atoms with Crippen LogP contribution in [0.25, 0.3) is 21.0 Å². The number of hydrogen-bond donors (Lipinski definition) is 3. The summed E-state index contributed by atoms with van der Waals surface area (Å²) in [6, 6.07) is 10.9. The molecule has 0 spiro atoms. The molecule has 0 saturated heterocycles. The molecule has 0 aliphatic rings. The molecule has 3 heterocycles. The number of nitrogens with one attached hydrogen (secondary N) is 2. The summed E-state index contributed by atoms with van der Waals surface area (Å²) in [5.74, 6) is 0.684. The number of carbonyl (C=O) groups excluding carboxylic acids is 1. The lowest BCUT2D eigenvalue weighted by Gasteiger charge is -2.15. The number of amides is 1. The third kappa shape index (κ3) is 3.93. The van der Waals surface area contributed by atoms with Crippen LogP contribution in [-0.2, 0) is 0 Å². The maximum Gasteiger partial charge on any atom is 0.258 e. The molecule has 1 amide bonds. The molecule has 3 aromatic heterocycles. The van der Waals surface area contributed by atoms with E-state index in [-0.39, 0.29) is 5.91 Å². The van der Waals surface area contributed by atoms with Crippen LogP contribution in [0.2, 0.25) is 10.0 Å². The first-order valence-corrected chi connectivity index (χ1v) is 11.5. The van der Waals surface area contributed by atoms with Gasteiger partial charge < -0.3 is 16.4 Å². The maximum atomic E-state index is 13.2. The standard InChI is InChI=1S/C23H16Cl2N6OS/c1-11-2-4-14-13(6-7-27-22(14)30-17-5-3-12(24)8-16(17)25)18(11)31-23(32)15-9-33-20-19(15)28-10-29-21(20)26/h2-10H,1H3,(H,27,30)(H,31,32)(H2,26,28,29). The second-order valence-electron chi connectivity index (χ2n) is 7.30. The number of nitrogen functional groups attached to an aromatic ring is 1. The van der Waals surface area contributed by atoms with E-state index in [0.29, 0.717) is 48.8 Å². The van der Waals surface area contributed by atoms with Gasteiger partial charge in [-0.15, -0.1) is 11.3 Å². The Kier molecular flexibility index (Phi) is 5.49. The third-order valence-corrected chi connectivity index (χ3v) is 6.74. The number of benzene rings is 2. The third-order valence-electron chi connectivity index (χ3n) is 5.20. The second-order valence-corrected chi connectivity index (χ2v) is 9.02. The zero-order chi connectivity index (χ0) is 23.1. The maximum absolute atomic E-state index is 13.2. The summed E-state index contributed by atoms with van der Waals surface area (Å²) in [4.78, 5) is 25.9. The molecular formula is C23H16Cl2N6OS. The highest BCUT2D eigenvalue weighted by atomic mass is 35.5. The molecule has 0 unspecified atom stereocenters. The van der Waals surface area contributed by atoms with Crippen LogP contribution in [0.3, 0.4) is 0 Å². The lowest BCUT2D eigenvalue weighted by Crippen LogP contribution is -2.13. The van der Waals surface area contributed by atoms with Crippen LogP contribution in [0, 0.1) is 6.92 Å². The van der Waals surface area contributed by atoms with Crippen LogP contribution in [0.4, 0.5) is 23.0 Å². The molecule has 5 aromatic rings. The number of carbonyl (C=O) groups is 1. The molecule has 33 heavy (non-hydrogen) atoms. The largest absolute Gasteiger partial charge is 0.382 e. The topological polar surface area (TPSA) is 106 Å². The SMILES string of the molecule is Cc1ccc2c(Nc3ccc(Cl)cc3Cl)nccc2c1NC(=O)c1csc2c(N)ncnc12. The Hall–Kier alpha value is -3.46. The van der Waals surface area contributed by atoms with E-state index >= 15 is 0 Å². The first kappa shape index (κ1) is 21.4. The number of pyridine rings is 1. The zero-order valence-electron chi connectivity index (χ0n) is 17.2. The van der Waals surface area contributed by atoms with Gasteiger partial charge in [-0.2, -0.15) is 0 Å². The second kappa shape index (κ2) is 8.47. The van der Waals surface area contributed by atoms with Crippen molar-refractivity contribution in [3.05, 3.63) is 75.5 Å². The normalized spacial score (nSPS) is 11.1. The van der Waals surface area contributed by atoms with Crippen LogP contribution in [0.1, 0.15) is 15.9 Å². The van der Waals surface area contributed by atoms with Gasteiger partial charge in [0.25, 0.3) is 5.91 Å². The summed E-state index contributed by atoms with van der Waals surface area (Å²) in [7, 11) is 0. The van der Waals surface area contributed by atoms with Crippen molar-refractivity contribution < 1.29 is 4.79 Å². The van der Waals surface area contributed by atoms with Gasteiger partial charge in [-0.3, -0.25) is 4.79 Å². The molecule has 0 saturated carbocycles. The number of anilines is 4. The molecule has 0 aliphatic carbocycles. The molecule has 5 rings (SSSR count). The number of fused-ring (bicyclic) bond motifs is 2. The molecule has 7 nitrogen and oxygen atoms in total. The van der Waals surface area contributed by atoms with Crippen molar-refractivity contribution in [3.63, 3.8) is 0 Å². The van der Waals surface area contributed by atoms with Crippen LogP contribution in [0.5, 0.6) is 0 Å². The predicted molar refractivity (Wildman–Crippen MR) is 136 cm³/mol. The first-order chi connectivity index (χ1) is 15.9. The van der Waals surface area contributed by atoms with Gasteiger partial charge >= 0.3 is 0 Å². The highest BCUT2D eigenvalue weighted by Gasteiger charge is 2.18. The summed E-state index contributed by atoms with van der Waals surface area (Å²) < 4.78 is 0.688. The Morgan fingerprint density at radius 2 is 1.91 bits per heavy atom. The van der Waals surface area contributed by atoms with E-state index in [2.05, 4.69) is 25.6 Å². The number of halogens is 2. The van der Waals surface area contributed by atoms with Crippen LogP contribution in [-0.4, -0.2) is 20.9 Å². The molecule has 0 atom stereocenters. The molecule has 0 fully saturated rings. The monoisotopic (exact) mass is 494 g/mol. The number of thiophene rings is 1. The van der Waals surface area contributed by atoms with E-state index in [1.807, 2.05) is 25.1 Å². The number of aryl methyl sites for hydroxylation is 1. The average Bonchev–Trinajstić information content (AvgIpc) is 3.23. The van der Waals surface area contributed by atoms with Gasteiger partial charge in [0.15, 0.2) is 0 Å². The highest BCUT2D eigenvalue weighted by molar-refractivity contribution is 7.18. The van der Waals surface area contributed by atoms with Crippen molar-refractivity contribution in [1.29, 1.82) is 0 Å². The van der Waals surface area contributed by atoms with Crippen LogP contribution in [0.15, 0.2) is 54.3 Å². The first-order valence-electron chi connectivity index (χ1n) is 9.82. The molecule has 164 valence electrons. The Morgan fingerprint density at radius 1 is 1.06 bits per heavy atom. The minimum Gasteiger partial charge on any atom is -0.382 e. The van der Waals surface area contributed by atoms with Crippen molar-refractivity contribution >= 4 is 84.4 Å². The van der Waals surface area contributed by atoms with E-state index in [4.69, 9.17) is 28.9 Å². The molecular weight excluding hydrogens is 479 g/mol. The fourth-order valence-electron chi connectivity index (χ4n) is 3.56. The summed E-state index contributed by atoms with van der Waals surface area (Å²) in [5.41, 5.74) is 9.16. The average molecular weight is 495 g/mol. The minimum absolute atomic E-state index is 0.276. The van der Waals surface area contributed by atoms with E-state index in [9.17, 15) is 4.79 Å². The lowest BCUT2D eigenvalue weighted by molar-refractivity contribution is 0.102. The number of nitrogens with two attached hydrogens (primary N) is 1. The van der Waals surface area contributed by atoms with Crippen molar-refractivity contribution in [2.45, 2.75) is 6.92 Å². The van der Waals surface area contributed by atoms with Gasteiger partial charge in [-0.1, -0.05) is 35.3 Å². The Labute approximate surface area is 202 Å². The molecule has 2 aromatic carbocycles. The summed E-state index contributed by atoms with van der Waals surface area (Å²) in [5, 5.41) is 10.7. The zero-order valence-corrected chi connectivity index (χ0v) is 19.5. The quantitative estimate of drug-likeness (QED) is 0.265. The Morgan fingerprint density at radius 3 is 2.73 bits per heavy atom. The van der Waals surface area contributed by atoms with Gasteiger partial charge in [0.2, 0.25) is 0 Å². The van der Waals surface area contributed by atoms with Crippen molar-refractivity contribution in [2.75, 3.05) is 16.4 Å². The van der Waals surface area contributed by atoms with Crippen LogP contribution >= 0.6 is 34.5 Å². The Bertz CT molecular complexity index is 1550. The van der Waals surface area contributed by atoms with Crippen molar-refractivity contribution in [3.8, 4) is 0 Å². The van der Waals surface area contributed by atoms with E-state index in [1.54, 1.807) is 29.8 Å². The fraction of sp³-hybridized carbons (Fsp3) is 0.0435. The van der Waals surface area contributed by atoms with Gasteiger partial charge in [0.1, 0.15) is 18.0 Å². The minimum atomic E-state index is -0.276. The molecule has 0 bridgehead atoms. The number of hydrogen-bond acceptors (Lipinski definition) is 7. The Balaban J connectivity index is 1.54.